The SMILES string of the molecule is COC(=O)c1ccc(COc2ccc3nc(-c4ccccc4)n(-c4cccc(C)c4)c3c2)cc1. The van der Waals surface area contributed by atoms with E-state index in [4.69, 9.17) is 14.5 Å². The van der Waals surface area contributed by atoms with Crippen molar-refractivity contribution in [1.82, 2.24) is 9.55 Å². The minimum absolute atomic E-state index is 0.350. The summed E-state index contributed by atoms with van der Waals surface area (Å²) >= 11 is 0. The maximum absolute atomic E-state index is 11.6. The average Bonchev–Trinajstić information content (AvgIpc) is 3.27. The van der Waals surface area contributed by atoms with Crippen LogP contribution in [0.25, 0.3) is 28.1 Å². The number of rotatable bonds is 6. The molecule has 4 aromatic carbocycles. The molecule has 5 heteroatoms. The van der Waals surface area contributed by atoms with Crippen molar-refractivity contribution in [3.8, 4) is 22.8 Å². The minimum atomic E-state index is -0.350. The number of hydrogen-bond donors (Lipinski definition) is 0. The molecule has 0 amide bonds. The van der Waals surface area contributed by atoms with Crippen LogP contribution in [0.1, 0.15) is 21.5 Å². The molecule has 168 valence electrons. The molecule has 0 N–H and O–H groups in total. The van der Waals surface area contributed by atoms with Gasteiger partial charge in [-0.1, -0.05) is 54.6 Å². The fraction of sp³-hybridized carbons (Fsp3) is 0.103. The standard InChI is InChI=1S/C29H24N2O3/c1-20-7-6-10-24(17-20)31-27-18-25(34-19-21-11-13-23(14-12-21)29(32)33-2)15-16-26(27)30-28(31)22-8-4-3-5-9-22/h3-18H,19H2,1-2H3. The first-order valence-corrected chi connectivity index (χ1v) is 11.1. The van der Waals surface area contributed by atoms with Crippen LogP contribution >= 0.6 is 0 Å². The monoisotopic (exact) mass is 448 g/mol. The van der Waals surface area contributed by atoms with Gasteiger partial charge in [0.15, 0.2) is 0 Å². The number of aromatic nitrogens is 2. The normalized spacial score (nSPS) is 10.9. The van der Waals surface area contributed by atoms with Crippen molar-refractivity contribution in [3.05, 3.63) is 114 Å². The third kappa shape index (κ3) is 4.28. The molecule has 0 atom stereocenters. The van der Waals surface area contributed by atoms with Gasteiger partial charge in [-0.05, 0) is 54.4 Å². The van der Waals surface area contributed by atoms with Gasteiger partial charge in [0, 0.05) is 17.3 Å². The average molecular weight is 449 g/mol. The highest BCUT2D eigenvalue weighted by molar-refractivity contribution is 5.89. The van der Waals surface area contributed by atoms with Gasteiger partial charge in [-0.25, -0.2) is 9.78 Å². The summed E-state index contributed by atoms with van der Waals surface area (Å²) in [5.41, 5.74) is 6.64. The third-order valence-corrected chi connectivity index (χ3v) is 5.70. The summed E-state index contributed by atoms with van der Waals surface area (Å²) in [5, 5.41) is 0. The van der Waals surface area contributed by atoms with Crippen LogP contribution in [0.3, 0.4) is 0 Å². The van der Waals surface area contributed by atoms with E-state index < -0.39 is 0 Å². The number of fused-ring (bicyclic) bond motifs is 1. The van der Waals surface area contributed by atoms with E-state index in [1.807, 2.05) is 48.5 Å². The molecule has 0 fully saturated rings. The van der Waals surface area contributed by atoms with Crippen LogP contribution in [-0.2, 0) is 11.3 Å². The summed E-state index contributed by atoms with van der Waals surface area (Å²) in [5.74, 6) is 1.28. The Morgan fingerprint density at radius 3 is 2.41 bits per heavy atom. The lowest BCUT2D eigenvalue weighted by Gasteiger charge is -2.11. The molecule has 0 unspecified atom stereocenters. The summed E-state index contributed by atoms with van der Waals surface area (Å²) in [6.45, 7) is 2.47. The van der Waals surface area contributed by atoms with E-state index in [-0.39, 0.29) is 5.97 Å². The van der Waals surface area contributed by atoms with Gasteiger partial charge in [-0.15, -0.1) is 0 Å². The summed E-state index contributed by atoms with van der Waals surface area (Å²) in [7, 11) is 1.38. The molecule has 0 saturated heterocycles. The topological polar surface area (TPSA) is 53.4 Å². The smallest absolute Gasteiger partial charge is 0.337 e. The van der Waals surface area contributed by atoms with Gasteiger partial charge in [0.25, 0.3) is 0 Å². The van der Waals surface area contributed by atoms with Crippen molar-refractivity contribution in [1.29, 1.82) is 0 Å². The highest BCUT2D eigenvalue weighted by Crippen LogP contribution is 2.31. The van der Waals surface area contributed by atoms with Gasteiger partial charge in [-0.3, -0.25) is 4.57 Å². The number of hydrogen-bond acceptors (Lipinski definition) is 4. The van der Waals surface area contributed by atoms with Crippen molar-refractivity contribution < 1.29 is 14.3 Å². The molecule has 34 heavy (non-hydrogen) atoms. The van der Waals surface area contributed by atoms with Crippen molar-refractivity contribution >= 4 is 17.0 Å². The highest BCUT2D eigenvalue weighted by atomic mass is 16.5. The third-order valence-electron chi connectivity index (χ3n) is 5.70. The Labute approximate surface area is 198 Å². The number of methoxy groups -OCH3 is 1. The van der Waals surface area contributed by atoms with E-state index in [0.29, 0.717) is 12.2 Å². The molecule has 0 spiro atoms. The lowest BCUT2D eigenvalue weighted by Crippen LogP contribution is -2.02. The molecular weight excluding hydrogens is 424 g/mol. The van der Waals surface area contributed by atoms with E-state index in [1.54, 1.807) is 12.1 Å². The Balaban J connectivity index is 1.51. The number of esters is 1. The maximum atomic E-state index is 11.6. The van der Waals surface area contributed by atoms with E-state index in [0.717, 1.165) is 39.4 Å². The van der Waals surface area contributed by atoms with Crippen LogP contribution in [0.5, 0.6) is 5.75 Å². The molecule has 0 aliphatic heterocycles. The van der Waals surface area contributed by atoms with Gasteiger partial charge in [0.05, 0.1) is 23.7 Å². The largest absolute Gasteiger partial charge is 0.489 e. The van der Waals surface area contributed by atoms with Crippen molar-refractivity contribution in [2.45, 2.75) is 13.5 Å². The second-order valence-electron chi connectivity index (χ2n) is 8.10. The predicted octanol–water partition coefficient (Wildman–Crippen LogP) is 6.37. The van der Waals surface area contributed by atoms with Gasteiger partial charge in [0.2, 0.25) is 0 Å². The number of aryl methyl sites for hydroxylation is 1. The predicted molar refractivity (Wildman–Crippen MR) is 133 cm³/mol. The zero-order chi connectivity index (χ0) is 23.5. The minimum Gasteiger partial charge on any atom is -0.489 e. The van der Waals surface area contributed by atoms with Crippen molar-refractivity contribution in [2.75, 3.05) is 7.11 Å². The molecular formula is C29H24N2O3. The zero-order valence-electron chi connectivity index (χ0n) is 19.1. The Bertz CT molecular complexity index is 1450. The first-order valence-electron chi connectivity index (χ1n) is 11.1. The number of carbonyl (C=O) groups is 1. The summed E-state index contributed by atoms with van der Waals surface area (Å²) in [6.07, 6.45) is 0. The first kappa shape index (κ1) is 21.5. The van der Waals surface area contributed by atoms with Crippen molar-refractivity contribution in [3.63, 3.8) is 0 Å². The fourth-order valence-corrected chi connectivity index (χ4v) is 3.98. The number of benzene rings is 4. The Morgan fingerprint density at radius 1 is 0.882 bits per heavy atom. The molecule has 1 heterocycles. The van der Waals surface area contributed by atoms with Crippen LogP contribution in [0.4, 0.5) is 0 Å². The van der Waals surface area contributed by atoms with Gasteiger partial charge in [0.1, 0.15) is 18.2 Å². The highest BCUT2D eigenvalue weighted by Gasteiger charge is 2.15. The zero-order valence-corrected chi connectivity index (χ0v) is 19.1. The van der Waals surface area contributed by atoms with Crippen LogP contribution < -0.4 is 4.74 Å². The Kier molecular flexibility index (Phi) is 5.83. The van der Waals surface area contributed by atoms with Crippen LogP contribution in [0, 0.1) is 6.92 Å². The number of carbonyl (C=O) groups excluding carboxylic acids is 1. The fourth-order valence-electron chi connectivity index (χ4n) is 3.98. The second kappa shape index (κ2) is 9.24. The summed E-state index contributed by atoms with van der Waals surface area (Å²) < 4.78 is 13.0. The maximum Gasteiger partial charge on any atom is 0.337 e. The number of ether oxygens (including phenoxy) is 2. The Morgan fingerprint density at radius 2 is 1.68 bits per heavy atom. The van der Waals surface area contributed by atoms with Crippen LogP contribution in [-0.4, -0.2) is 22.6 Å². The molecule has 0 bridgehead atoms. The molecule has 5 rings (SSSR count). The number of imidazole rings is 1. The molecule has 0 saturated carbocycles. The summed E-state index contributed by atoms with van der Waals surface area (Å²) in [4.78, 5) is 16.6. The van der Waals surface area contributed by atoms with Crippen molar-refractivity contribution in [2.24, 2.45) is 0 Å². The van der Waals surface area contributed by atoms with Gasteiger partial charge < -0.3 is 9.47 Å². The summed E-state index contributed by atoms with van der Waals surface area (Å²) in [6, 6.07) is 31.8. The molecule has 5 nitrogen and oxygen atoms in total. The molecule has 0 radical (unpaired) electrons. The lowest BCUT2D eigenvalue weighted by atomic mass is 10.1. The Hall–Kier alpha value is -4.38. The lowest BCUT2D eigenvalue weighted by molar-refractivity contribution is 0.0600. The molecule has 0 aliphatic carbocycles. The molecule has 1 aromatic heterocycles. The van der Waals surface area contributed by atoms with Gasteiger partial charge in [-0.2, -0.15) is 0 Å². The van der Waals surface area contributed by atoms with Gasteiger partial charge >= 0.3 is 5.97 Å². The quantitative estimate of drug-likeness (QED) is 0.283. The van der Waals surface area contributed by atoms with Crippen LogP contribution in [0.2, 0.25) is 0 Å². The number of nitrogens with zero attached hydrogens (tertiary/aromatic N) is 2. The first-order chi connectivity index (χ1) is 16.6. The molecule has 5 aromatic rings. The van der Waals surface area contributed by atoms with E-state index >= 15 is 0 Å². The van der Waals surface area contributed by atoms with E-state index in [2.05, 4.69) is 47.9 Å². The van der Waals surface area contributed by atoms with E-state index in [1.165, 1.54) is 12.7 Å². The molecule has 0 aliphatic rings. The second-order valence-corrected chi connectivity index (χ2v) is 8.10. The van der Waals surface area contributed by atoms with E-state index in [9.17, 15) is 4.79 Å². The van der Waals surface area contributed by atoms with Crippen LogP contribution in [0.15, 0.2) is 97.1 Å².